The molecule has 0 spiro atoms. The highest BCUT2D eigenvalue weighted by atomic mass is 15.2. The van der Waals surface area contributed by atoms with Gasteiger partial charge < -0.3 is 4.90 Å². The van der Waals surface area contributed by atoms with Crippen molar-refractivity contribution in [2.45, 2.75) is 31.7 Å². The fourth-order valence-corrected chi connectivity index (χ4v) is 3.06. The van der Waals surface area contributed by atoms with E-state index in [1.165, 1.54) is 0 Å². The van der Waals surface area contributed by atoms with Crippen molar-refractivity contribution in [2.24, 2.45) is 0 Å². The zero-order valence-electron chi connectivity index (χ0n) is 12.1. The van der Waals surface area contributed by atoms with Crippen molar-refractivity contribution >= 4 is 5.82 Å². The van der Waals surface area contributed by atoms with Crippen LogP contribution < -0.4 is 4.90 Å². The Morgan fingerprint density at radius 1 is 1.29 bits per heavy atom. The summed E-state index contributed by atoms with van der Waals surface area (Å²) in [5.41, 5.74) is 2.04. The first-order valence-corrected chi connectivity index (χ1v) is 7.29. The molecular weight excluding hydrogens is 260 g/mol. The van der Waals surface area contributed by atoms with Crippen LogP contribution in [0.4, 0.5) is 5.82 Å². The first-order chi connectivity index (χ1) is 10.3. The molecule has 0 bridgehead atoms. The molecule has 1 fully saturated rings. The van der Waals surface area contributed by atoms with Gasteiger partial charge in [0, 0.05) is 18.3 Å². The molecule has 2 atom stereocenters. The minimum Gasteiger partial charge on any atom is -0.352 e. The Hall–Kier alpha value is -2.41. The summed E-state index contributed by atoms with van der Waals surface area (Å²) in [4.78, 5) is 10.8. The molecule has 4 nitrogen and oxygen atoms in total. The predicted molar refractivity (Wildman–Crippen MR) is 81.9 cm³/mol. The van der Waals surface area contributed by atoms with E-state index in [1.807, 2.05) is 43.3 Å². The number of hydrogen-bond donors (Lipinski definition) is 0. The van der Waals surface area contributed by atoms with Gasteiger partial charge in [0.25, 0.3) is 0 Å². The number of hydrogen-bond acceptors (Lipinski definition) is 4. The highest BCUT2D eigenvalue weighted by Gasteiger charge is 2.33. The molecule has 2 aromatic rings. The smallest absolute Gasteiger partial charge is 0.132 e. The Bertz CT molecular complexity index is 647. The molecule has 0 radical (unpaired) electrons. The number of anilines is 1. The van der Waals surface area contributed by atoms with E-state index in [-0.39, 0.29) is 12.0 Å². The molecule has 0 amide bonds. The standard InChI is InChI=1S/C17H18N4/c1-13-10-17(20-12-19-13)21-9-5-8-16(21)15(11-18)14-6-3-2-4-7-14/h2-4,6-7,10,12,15-16H,5,8-9H2,1H3. The molecule has 21 heavy (non-hydrogen) atoms. The normalized spacial score (nSPS) is 19.2. The average Bonchev–Trinajstić information content (AvgIpc) is 2.98. The van der Waals surface area contributed by atoms with Crippen molar-refractivity contribution in [3.8, 4) is 6.07 Å². The van der Waals surface area contributed by atoms with Gasteiger partial charge in [-0.2, -0.15) is 5.26 Å². The minimum absolute atomic E-state index is 0.121. The van der Waals surface area contributed by atoms with Crippen LogP contribution >= 0.6 is 0 Å². The molecule has 4 heteroatoms. The van der Waals surface area contributed by atoms with Gasteiger partial charge in [-0.15, -0.1) is 0 Å². The van der Waals surface area contributed by atoms with Crippen LogP contribution in [0.5, 0.6) is 0 Å². The number of rotatable bonds is 3. The van der Waals surface area contributed by atoms with Crippen molar-refractivity contribution < 1.29 is 0 Å². The Morgan fingerprint density at radius 2 is 2.10 bits per heavy atom. The molecule has 2 unspecified atom stereocenters. The van der Waals surface area contributed by atoms with Crippen LogP contribution in [-0.2, 0) is 0 Å². The van der Waals surface area contributed by atoms with Gasteiger partial charge in [0.1, 0.15) is 12.1 Å². The molecule has 1 aliphatic heterocycles. The van der Waals surface area contributed by atoms with Gasteiger partial charge in [0.2, 0.25) is 0 Å². The SMILES string of the molecule is Cc1cc(N2CCCC2C(C#N)c2ccccc2)ncn1. The summed E-state index contributed by atoms with van der Waals surface area (Å²) in [6.07, 6.45) is 3.72. The topological polar surface area (TPSA) is 52.8 Å². The molecular formula is C17H18N4. The van der Waals surface area contributed by atoms with Gasteiger partial charge in [-0.3, -0.25) is 0 Å². The van der Waals surface area contributed by atoms with E-state index < -0.39 is 0 Å². The van der Waals surface area contributed by atoms with Gasteiger partial charge in [0.15, 0.2) is 0 Å². The van der Waals surface area contributed by atoms with E-state index >= 15 is 0 Å². The fourth-order valence-electron chi connectivity index (χ4n) is 3.06. The third-order valence-corrected chi connectivity index (χ3v) is 4.07. The Morgan fingerprint density at radius 3 is 2.81 bits per heavy atom. The van der Waals surface area contributed by atoms with Crippen LogP contribution in [0.25, 0.3) is 0 Å². The van der Waals surface area contributed by atoms with E-state index in [2.05, 4.69) is 20.9 Å². The quantitative estimate of drug-likeness (QED) is 0.866. The van der Waals surface area contributed by atoms with Crippen LogP contribution in [0.15, 0.2) is 42.7 Å². The zero-order chi connectivity index (χ0) is 14.7. The number of aryl methyl sites for hydroxylation is 1. The van der Waals surface area contributed by atoms with Crippen LogP contribution in [-0.4, -0.2) is 22.6 Å². The molecule has 1 aromatic heterocycles. The Labute approximate surface area is 125 Å². The van der Waals surface area contributed by atoms with Crippen LogP contribution in [0.1, 0.15) is 30.0 Å². The third-order valence-electron chi connectivity index (χ3n) is 4.07. The second-order valence-electron chi connectivity index (χ2n) is 5.44. The number of nitrogens with zero attached hydrogens (tertiary/aromatic N) is 4. The summed E-state index contributed by atoms with van der Waals surface area (Å²) in [6.45, 7) is 2.92. The number of aromatic nitrogens is 2. The average molecular weight is 278 g/mol. The van der Waals surface area contributed by atoms with Crippen LogP contribution in [0.2, 0.25) is 0 Å². The van der Waals surface area contributed by atoms with E-state index in [4.69, 9.17) is 0 Å². The van der Waals surface area contributed by atoms with E-state index in [1.54, 1.807) is 6.33 Å². The summed E-state index contributed by atoms with van der Waals surface area (Å²) in [6, 6.07) is 14.7. The lowest BCUT2D eigenvalue weighted by molar-refractivity contribution is 0.607. The molecule has 0 N–H and O–H groups in total. The first-order valence-electron chi connectivity index (χ1n) is 7.29. The second-order valence-corrected chi connectivity index (χ2v) is 5.44. The molecule has 1 saturated heterocycles. The van der Waals surface area contributed by atoms with Gasteiger partial charge in [-0.25, -0.2) is 9.97 Å². The first kappa shape index (κ1) is 13.6. The third kappa shape index (κ3) is 2.73. The molecule has 0 saturated carbocycles. The lowest BCUT2D eigenvalue weighted by Gasteiger charge is -2.29. The van der Waals surface area contributed by atoms with Gasteiger partial charge in [-0.1, -0.05) is 30.3 Å². The van der Waals surface area contributed by atoms with Gasteiger partial charge >= 0.3 is 0 Å². The predicted octanol–water partition coefficient (Wildman–Crippen LogP) is 3.06. The lowest BCUT2D eigenvalue weighted by Crippen LogP contribution is -2.34. The zero-order valence-corrected chi connectivity index (χ0v) is 12.1. The maximum absolute atomic E-state index is 9.65. The summed E-state index contributed by atoms with van der Waals surface area (Å²) >= 11 is 0. The van der Waals surface area contributed by atoms with Crippen molar-refractivity contribution in [2.75, 3.05) is 11.4 Å². The Balaban J connectivity index is 1.91. The molecule has 106 valence electrons. The summed E-state index contributed by atoms with van der Waals surface area (Å²) in [5, 5.41) is 9.65. The van der Waals surface area contributed by atoms with Crippen molar-refractivity contribution in [1.82, 2.24) is 9.97 Å². The molecule has 3 rings (SSSR count). The second kappa shape index (κ2) is 5.92. The van der Waals surface area contributed by atoms with Crippen molar-refractivity contribution in [3.63, 3.8) is 0 Å². The van der Waals surface area contributed by atoms with E-state index in [0.29, 0.717) is 0 Å². The maximum atomic E-state index is 9.65. The number of nitriles is 1. The monoisotopic (exact) mass is 278 g/mol. The largest absolute Gasteiger partial charge is 0.352 e. The van der Waals surface area contributed by atoms with Gasteiger partial charge in [0.05, 0.1) is 18.0 Å². The fraction of sp³-hybridized carbons (Fsp3) is 0.353. The summed E-state index contributed by atoms with van der Waals surface area (Å²) in [5.74, 6) is 0.810. The molecule has 1 aliphatic rings. The highest BCUT2D eigenvalue weighted by molar-refractivity contribution is 5.44. The lowest BCUT2D eigenvalue weighted by atomic mass is 9.91. The van der Waals surface area contributed by atoms with E-state index in [9.17, 15) is 5.26 Å². The highest BCUT2D eigenvalue weighted by Crippen LogP contribution is 2.33. The molecule has 0 aliphatic carbocycles. The van der Waals surface area contributed by atoms with Gasteiger partial charge in [-0.05, 0) is 25.3 Å². The van der Waals surface area contributed by atoms with E-state index in [0.717, 1.165) is 36.5 Å². The summed E-state index contributed by atoms with van der Waals surface area (Å²) in [7, 11) is 0. The van der Waals surface area contributed by atoms with Crippen LogP contribution in [0.3, 0.4) is 0 Å². The molecule has 2 heterocycles. The molecule has 1 aromatic carbocycles. The minimum atomic E-state index is -0.121. The maximum Gasteiger partial charge on any atom is 0.132 e. The van der Waals surface area contributed by atoms with Crippen molar-refractivity contribution in [3.05, 3.63) is 54.0 Å². The summed E-state index contributed by atoms with van der Waals surface area (Å²) < 4.78 is 0. The Kier molecular flexibility index (Phi) is 3.83. The van der Waals surface area contributed by atoms with Crippen molar-refractivity contribution in [1.29, 1.82) is 5.26 Å². The number of benzene rings is 1. The van der Waals surface area contributed by atoms with Crippen LogP contribution in [0, 0.1) is 18.3 Å².